The first kappa shape index (κ1) is 21.2. The highest BCUT2D eigenvalue weighted by Gasteiger charge is 2.34. The Morgan fingerprint density at radius 2 is 1.86 bits per heavy atom. The average molecular weight is 391 g/mol. The number of hydrogen-bond donors (Lipinski definition) is 2. The number of nitrogens with one attached hydrogen (secondary N) is 2. The van der Waals surface area contributed by atoms with Crippen molar-refractivity contribution in [2.24, 2.45) is 5.92 Å². The largest absolute Gasteiger partial charge is 0.484 e. The zero-order valence-electron chi connectivity index (χ0n) is 16.1. The molecular formula is C19H25N3O6. The topological polar surface area (TPSA) is 114 Å². The molecule has 0 spiro atoms. The molecule has 1 saturated heterocycles. The van der Waals surface area contributed by atoms with Gasteiger partial charge in [-0.25, -0.2) is 9.59 Å². The molecule has 1 aliphatic rings. The van der Waals surface area contributed by atoms with E-state index in [0.717, 1.165) is 4.90 Å². The summed E-state index contributed by atoms with van der Waals surface area (Å²) in [4.78, 5) is 49.4. The first-order valence-corrected chi connectivity index (χ1v) is 9.06. The molecule has 1 fully saturated rings. The van der Waals surface area contributed by atoms with Gasteiger partial charge in [0.05, 0.1) is 0 Å². The molecule has 2 atom stereocenters. The molecule has 4 amide bonds. The van der Waals surface area contributed by atoms with Gasteiger partial charge in [0.1, 0.15) is 11.8 Å². The van der Waals surface area contributed by atoms with E-state index >= 15 is 0 Å². The molecular weight excluding hydrogens is 366 g/mol. The lowest BCUT2D eigenvalue weighted by molar-refractivity contribution is -0.161. The molecule has 2 rings (SSSR count). The summed E-state index contributed by atoms with van der Waals surface area (Å²) in [7, 11) is 0. The first-order valence-electron chi connectivity index (χ1n) is 9.06. The number of nitrogens with zero attached hydrogens (tertiary/aromatic N) is 1. The number of amides is 4. The van der Waals surface area contributed by atoms with Crippen molar-refractivity contribution >= 4 is 23.8 Å². The van der Waals surface area contributed by atoms with Crippen LogP contribution in [0, 0.1) is 5.92 Å². The zero-order valence-corrected chi connectivity index (χ0v) is 16.1. The molecule has 0 unspecified atom stereocenters. The van der Waals surface area contributed by atoms with Crippen molar-refractivity contribution in [3.8, 4) is 5.75 Å². The molecule has 1 aromatic carbocycles. The van der Waals surface area contributed by atoms with Crippen LogP contribution in [0.4, 0.5) is 4.79 Å². The van der Waals surface area contributed by atoms with Crippen LogP contribution in [0.15, 0.2) is 30.3 Å². The second-order valence-electron chi connectivity index (χ2n) is 6.69. The number of urea groups is 1. The number of carbonyl (C=O) groups excluding carboxylic acids is 4. The maximum atomic E-state index is 12.5. The van der Waals surface area contributed by atoms with E-state index in [2.05, 4.69) is 10.6 Å². The van der Waals surface area contributed by atoms with Gasteiger partial charge < -0.3 is 20.1 Å². The van der Waals surface area contributed by atoms with Crippen molar-refractivity contribution in [2.45, 2.75) is 32.9 Å². The summed E-state index contributed by atoms with van der Waals surface area (Å²) < 4.78 is 10.6. The number of hydrogen-bond acceptors (Lipinski definition) is 6. The predicted octanol–water partition coefficient (Wildman–Crippen LogP) is 0.690. The number of carbonyl (C=O) groups is 4. The van der Waals surface area contributed by atoms with Crippen molar-refractivity contribution in [1.82, 2.24) is 15.5 Å². The van der Waals surface area contributed by atoms with Crippen LogP contribution in [0.25, 0.3) is 0 Å². The van der Waals surface area contributed by atoms with E-state index in [-0.39, 0.29) is 19.1 Å². The van der Waals surface area contributed by atoms with Crippen molar-refractivity contribution in [3.63, 3.8) is 0 Å². The second kappa shape index (κ2) is 9.72. The molecule has 2 N–H and O–H groups in total. The van der Waals surface area contributed by atoms with Crippen LogP contribution >= 0.6 is 0 Å². The number of rotatable bonds is 8. The van der Waals surface area contributed by atoms with Gasteiger partial charge in [0.25, 0.3) is 11.8 Å². The molecule has 1 heterocycles. The van der Waals surface area contributed by atoms with E-state index in [9.17, 15) is 19.2 Å². The van der Waals surface area contributed by atoms with E-state index < -0.39 is 36.0 Å². The van der Waals surface area contributed by atoms with Crippen molar-refractivity contribution in [3.05, 3.63) is 30.3 Å². The Morgan fingerprint density at radius 3 is 2.43 bits per heavy atom. The van der Waals surface area contributed by atoms with Crippen LogP contribution in [-0.2, 0) is 19.1 Å². The molecule has 0 radical (unpaired) electrons. The number of imide groups is 1. The van der Waals surface area contributed by atoms with Gasteiger partial charge in [-0.2, -0.15) is 0 Å². The highest BCUT2D eigenvalue weighted by atomic mass is 16.5. The predicted molar refractivity (Wildman–Crippen MR) is 99.4 cm³/mol. The third-order valence-corrected chi connectivity index (χ3v) is 4.11. The lowest BCUT2D eigenvalue weighted by Crippen LogP contribution is -2.49. The summed E-state index contributed by atoms with van der Waals surface area (Å²) in [6.45, 7) is 5.19. The summed E-state index contributed by atoms with van der Waals surface area (Å²) in [5.74, 6) is -1.58. The SMILES string of the molecule is CC(C)[C@H](NC(=O)COc1ccccc1)C(=O)O[C@H](C)C(=O)N1CCNC1=O. The van der Waals surface area contributed by atoms with Crippen LogP contribution in [0.5, 0.6) is 5.75 Å². The summed E-state index contributed by atoms with van der Waals surface area (Å²) in [6, 6.07) is 7.34. The number of para-hydroxylation sites is 1. The molecule has 9 nitrogen and oxygen atoms in total. The lowest BCUT2D eigenvalue weighted by Gasteiger charge is -2.24. The Morgan fingerprint density at radius 1 is 1.18 bits per heavy atom. The summed E-state index contributed by atoms with van der Waals surface area (Å²) >= 11 is 0. The van der Waals surface area contributed by atoms with Gasteiger partial charge in [-0.3, -0.25) is 14.5 Å². The minimum atomic E-state index is -1.14. The first-order chi connectivity index (χ1) is 13.3. The van der Waals surface area contributed by atoms with Crippen LogP contribution in [0.3, 0.4) is 0 Å². The molecule has 0 aliphatic carbocycles. The highest BCUT2D eigenvalue weighted by Crippen LogP contribution is 2.10. The Hall–Kier alpha value is -3.10. The van der Waals surface area contributed by atoms with Gasteiger partial charge >= 0.3 is 12.0 Å². The third-order valence-electron chi connectivity index (χ3n) is 4.11. The monoisotopic (exact) mass is 391 g/mol. The van der Waals surface area contributed by atoms with Gasteiger partial charge in [0.2, 0.25) is 0 Å². The minimum absolute atomic E-state index is 0.223. The van der Waals surface area contributed by atoms with E-state index in [1.165, 1.54) is 6.92 Å². The Balaban J connectivity index is 1.89. The average Bonchev–Trinajstić information content (AvgIpc) is 3.10. The lowest BCUT2D eigenvalue weighted by atomic mass is 10.0. The Bertz CT molecular complexity index is 722. The van der Waals surface area contributed by atoms with Gasteiger partial charge in [-0.15, -0.1) is 0 Å². The maximum Gasteiger partial charge on any atom is 0.329 e. The van der Waals surface area contributed by atoms with Gasteiger partial charge in [-0.1, -0.05) is 32.0 Å². The fourth-order valence-corrected chi connectivity index (χ4v) is 2.58. The maximum absolute atomic E-state index is 12.5. The van der Waals surface area contributed by atoms with E-state index in [4.69, 9.17) is 9.47 Å². The van der Waals surface area contributed by atoms with Gasteiger partial charge in [-0.05, 0) is 25.0 Å². The smallest absolute Gasteiger partial charge is 0.329 e. The highest BCUT2D eigenvalue weighted by molar-refractivity contribution is 5.98. The number of esters is 1. The molecule has 9 heteroatoms. The molecule has 152 valence electrons. The van der Waals surface area contributed by atoms with Gasteiger partial charge in [0, 0.05) is 13.1 Å². The molecule has 28 heavy (non-hydrogen) atoms. The fourth-order valence-electron chi connectivity index (χ4n) is 2.58. The van der Waals surface area contributed by atoms with Crippen molar-refractivity contribution in [1.29, 1.82) is 0 Å². The standard InChI is InChI=1S/C19H25N3O6/c1-12(2)16(21-15(23)11-27-14-7-5-4-6-8-14)18(25)28-13(3)17(24)22-10-9-20-19(22)26/h4-8,12-13,16H,9-11H2,1-3H3,(H,20,26)(H,21,23)/t13-,16+/m1/s1. The van der Waals surface area contributed by atoms with E-state index in [1.807, 2.05) is 6.07 Å². The summed E-state index contributed by atoms with van der Waals surface area (Å²) in [5.41, 5.74) is 0. The summed E-state index contributed by atoms with van der Waals surface area (Å²) in [6.07, 6.45) is -1.14. The Labute approximate surface area is 163 Å². The van der Waals surface area contributed by atoms with Crippen LogP contribution in [-0.4, -0.2) is 60.6 Å². The number of ether oxygens (including phenoxy) is 2. The fraction of sp³-hybridized carbons (Fsp3) is 0.474. The quantitative estimate of drug-likeness (QED) is 0.630. The molecule has 0 bridgehead atoms. The molecule has 1 aromatic rings. The summed E-state index contributed by atoms with van der Waals surface area (Å²) in [5, 5.41) is 5.07. The Kier molecular flexibility index (Phi) is 7.36. The van der Waals surface area contributed by atoms with E-state index in [1.54, 1.807) is 38.1 Å². The third kappa shape index (κ3) is 5.70. The minimum Gasteiger partial charge on any atom is -0.484 e. The normalized spacial score (nSPS) is 15.6. The zero-order chi connectivity index (χ0) is 20.7. The van der Waals surface area contributed by atoms with Crippen LogP contribution in [0.1, 0.15) is 20.8 Å². The number of benzene rings is 1. The van der Waals surface area contributed by atoms with Crippen LogP contribution < -0.4 is 15.4 Å². The van der Waals surface area contributed by atoms with Gasteiger partial charge in [0.15, 0.2) is 12.7 Å². The molecule has 1 aliphatic heterocycles. The molecule has 0 aromatic heterocycles. The molecule has 0 saturated carbocycles. The van der Waals surface area contributed by atoms with E-state index in [0.29, 0.717) is 12.3 Å². The van der Waals surface area contributed by atoms with Crippen molar-refractivity contribution < 1.29 is 28.7 Å². The second-order valence-corrected chi connectivity index (χ2v) is 6.69. The van der Waals surface area contributed by atoms with Crippen molar-refractivity contribution in [2.75, 3.05) is 19.7 Å². The van der Waals surface area contributed by atoms with Crippen LogP contribution in [0.2, 0.25) is 0 Å².